The molecule has 0 bridgehead atoms. The van der Waals surface area contributed by atoms with Crippen LogP contribution in [0.5, 0.6) is 0 Å². The fourth-order valence-corrected chi connectivity index (χ4v) is 2.96. The summed E-state index contributed by atoms with van der Waals surface area (Å²) >= 11 is 1.66. The summed E-state index contributed by atoms with van der Waals surface area (Å²) in [6.07, 6.45) is 0.743. The van der Waals surface area contributed by atoms with Crippen molar-refractivity contribution >= 4 is 35.2 Å². The van der Waals surface area contributed by atoms with E-state index in [9.17, 15) is 4.79 Å². The zero-order valence-electron chi connectivity index (χ0n) is 5.93. The average molecular weight is 211 g/mol. The summed E-state index contributed by atoms with van der Waals surface area (Å²) in [6, 6.07) is -0.307. The molecule has 4 atom stereocenters. The fourth-order valence-electron chi connectivity index (χ4n) is 1.16. The van der Waals surface area contributed by atoms with Crippen molar-refractivity contribution in [1.29, 1.82) is 0 Å². The normalized spacial score (nSPS) is 32.5. The molecule has 64 valence electrons. The highest BCUT2D eigenvalue weighted by atomic mass is 32.7. The standard InChI is InChI=1S/C5H11NO2P2S/c7-5(8)4-1-3(11-10)2-6(4)9/h3-4H,1-2,9-10H2,(H,7,8)/t3-,4?/m0/s1. The van der Waals surface area contributed by atoms with Crippen molar-refractivity contribution in [3.63, 3.8) is 0 Å². The topological polar surface area (TPSA) is 40.5 Å². The predicted octanol–water partition coefficient (Wildman–Crippen LogP) is 0.827. The third-order valence-corrected chi connectivity index (χ3v) is 4.23. The fraction of sp³-hybridized carbons (Fsp3) is 0.800. The number of carbonyl (C=O) groups is 1. The van der Waals surface area contributed by atoms with Crippen molar-refractivity contribution in [2.75, 3.05) is 6.54 Å². The highest BCUT2D eigenvalue weighted by Gasteiger charge is 2.33. The lowest BCUT2D eigenvalue weighted by molar-refractivity contribution is -0.140. The maximum atomic E-state index is 10.6. The van der Waals surface area contributed by atoms with Crippen LogP contribution in [-0.2, 0) is 4.79 Å². The van der Waals surface area contributed by atoms with Gasteiger partial charge in [0.2, 0.25) is 0 Å². The highest BCUT2D eigenvalue weighted by molar-refractivity contribution is 8.44. The molecule has 0 aliphatic carbocycles. The van der Waals surface area contributed by atoms with Gasteiger partial charge in [0.25, 0.3) is 0 Å². The van der Waals surface area contributed by atoms with E-state index in [1.165, 1.54) is 0 Å². The Kier molecular flexibility index (Phi) is 3.57. The van der Waals surface area contributed by atoms with Crippen molar-refractivity contribution < 1.29 is 9.90 Å². The summed E-state index contributed by atoms with van der Waals surface area (Å²) < 4.78 is 1.81. The van der Waals surface area contributed by atoms with E-state index in [0.717, 1.165) is 13.0 Å². The van der Waals surface area contributed by atoms with Crippen molar-refractivity contribution in [1.82, 2.24) is 4.67 Å². The van der Waals surface area contributed by atoms with Gasteiger partial charge in [-0.05, 0) is 6.42 Å². The Bertz CT molecular complexity index is 169. The van der Waals surface area contributed by atoms with Gasteiger partial charge in [-0.25, -0.2) is 0 Å². The molecule has 0 aromatic heterocycles. The van der Waals surface area contributed by atoms with Crippen LogP contribution in [0.2, 0.25) is 0 Å². The van der Waals surface area contributed by atoms with Crippen molar-refractivity contribution in [3.05, 3.63) is 0 Å². The third kappa shape index (κ3) is 2.29. The van der Waals surface area contributed by atoms with Crippen LogP contribution in [0.25, 0.3) is 0 Å². The number of rotatable bonds is 2. The minimum Gasteiger partial charge on any atom is -0.480 e. The molecule has 0 aromatic rings. The third-order valence-electron chi connectivity index (χ3n) is 1.78. The minimum atomic E-state index is -0.721. The molecule has 1 aliphatic rings. The molecule has 1 rings (SSSR count). The SMILES string of the molecule is O=C(O)C1C[C@H](SP)CN1P. The molecule has 0 spiro atoms. The van der Waals surface area contributed by atoms with Gasteiger partial charge in [0.05, 0.1) is 0 Å². The smallest absolute Gasteiger partial charge is 0.321 e. The van der Waals surface area contributed by atoms with Gasteiger partial charge >= 0.3 is 5.97 Å². The Labute approximate surface area is 74.5 Å². The van der Waals surface area contributed by atoms with E-state index >= 15 is 0 Å². The number of nitrogens with zero attached hydrogens (tertiary/aromatic N) is 1. The molecule has 0 saturated carbocycles. The van der Waals surface area contributed by atoms with Gasteiger partial charge in [-0.15, -0.1) is 11.4 Å². The highest BCUT2D eigenvalue weighted by Crippen LogP contribution is 2.33. The second kappa shape index (κ2) is 4.04. The molecule has 1 heterocycles. The molecule has 0 aromatic carbocycles. The molecular weight excluding hydrogens is 200 g/mol. The van der Waals surface area contributed by atoms with Gasteiger partial charge in [-0.3, -0.25) is 9.46 Å². The summed E-state index contributed by atoms with van der Waals surface area (Å²) in [7, 11) is 5.04. The van der Waals surface area contributed by atoms with E-state index in [0.29, 0.717) is 5.25 Å². The van der Waals surface area contributed by atoms with E-state index < -0.39 is 5.97 Å². The van der Waals surface area contributed by atoms with Crippen molar-refractivity contribution in [2.45, 2.75) is 17.7 Å². The number of carboxylic acids is 1. The molecule has 3 unspecified atom stereocenters. The summed E-state index contributed by atoms with van der Waals surface area (Å²) in [5.41, 5.74) is 0. The predicted molar refractivity (Wildman–Crippen MR) is 53.5 cm³/mol. The lowest BCUT2D eigenvalue weighted by Gasteiger charge is -2.12. The molecule has 1 fully saturated rings. The lowest BCUT2D eigenvalue weighted by atomic mass is 10.2. The molecule has 11 heavy (non-hydrogen) atoms. The number of aliphatic carboxylic acids is 1. The van der Waals surface area contributed by atoms with Gasteiger partial charge in [0.1, 0.15) is 6.04 Å². The first kappa shape index (κ1) is 9.73. The van der Waals surface area contributed by atoms with Gasteiger partial charge in [-0.1, -0.05) is 17.8 Å². The number of hydrogen-bond donors (Lipinski definition) is 1. The molecule has 1 saturated heterocycles. The monoisotopic (exact) mass is 211 g/mol. The second-order valence-electron chi connectivity index (χ2n) is 2.54. The van der Waals surface area contributed by atoms with Crippen LogP contribution < -0.4 is 0 Å². The Morgan fingerprint density at radius 3 is 2.64 bits per heavy atom. The molecule has 6 heteroatoms. The first-order valence-electron chi connectivity index (χ1n) is 3.25. The van der Waals surface area contributed by atoms with E-state index in [-0.39, 0.29) is 6.04 Å². The van der Waals surface area contributed by atoms with Gasteiger partial charge < -0.3 is 5.11 Å². The Balaban J connectivity index is 2.51. The zero-order chi connectivity index (χ0) is 8.43. The lowest BCUT2D eigenvalue weighted by Crippen LogP contribution is -2.28. The van der Waals surface area contributed by atoms with Gasteiger partial charge in [-0.2, -0.15) is 0 Å². The van der Waals surface area contributed by atoms with E-state index in [1.54, 1.807) is 11.4 Å². The molecular formula is C5H11NO2P2S. The van der Waals surface area contributed by atoms with Gasteiger partial charge in [0.15, 0.2) is 0 Å². The number of hydrogen-bond acceptors (Lipinski definition) is 3. The molecule has 1 aliphatic heterocycles. The van der Waals surface area contributed by atoms with E-state index in [2.05, 4.69) is 17.8 Å². The summed E-state index contributed by atoms with van der Waals surface area (Å²) in [4.78, 5) is 10.6. The summed E-state index contributed by atoms with van der Waals surface area (Å²) in [6.45, 7) is 0.843. The molecule has 0 amide bonds. The van der Waals surface area contributed by atoms with Crippen LogP contribution in [0, 0.1) is 0 Å². The Morgan fingerprint density at radius 2 is 2.36 bits per heavy atom. The average Bonchev–Trinajstić information content (AvgIpc) is 2.30. The molecule has 3 nitrogen and oxygen atoms in total. The molecule has 0 radical (unpaired) electrons. The van der Waals surface area contributed by atoms with Crippen LogP contribution in [0.1, 0.15) is 6.42 Å². The maximum Gasteiger partial charge on any atom is 0.321 e. The number of carboxylic acid groups (broad SMARTS) is 1. The maximum absolute atomic E-state index is 10.6. The van der Waals surface area contributed by atoms with Crippen LogP contribution in [0.15, 0.2) is 0 Å². The largest absolute Gasteiger partial charge is 0.480 e. The van der Waals surface area contributed by atoms with Crippen LogP contribution >= 0.6 is 29.2 Å². The van der Waals surface area contributed by atoms with E-state index in [4.69, 9.17) is 5.11 Å². The first-order valence-corrected chi connectivity index (χ1v) is 6.12. The quantitative estimate of drug-likeness (QED) is 0.687. The van der Waals surface area contributed by atoms with Crippen molar-refractivity contribution in [2.24, 2.45) is 0 Å². The van der Waals surface area contributed by atoms with Gasteiger partial charge in [0, 0.05) is 11.8 Å². The second-order valence-corrected chi connectivity index (χ2v) is 4.96. The minimum absolute atomic E-state index is 0.307. The summed E-state index contributed by atoms with van der Waals surface area (Å²) in [5, 5.41) is 9.17. The summed E-state index contributed by atoms with van der Waals surface area (Å²) in [5.74, 6) is -0.721. The Hall–Kier alpha value is 0.640. The van der Waals surface area contributed by atoms with E-state index in [1.807, 2.05) is 4.67 Å². The van der Waals surface area contributed by atoms with Crippen LogP contribution in [0.3, 0.4) is 0 Å². The first-order chi connectivity index (χ1) is 5.15. The Morgan fingerprint density at radius 1 is 1.73 bits per heavy atom. The van der Waals surface area contributed by atoms with Crippen LogP contribution in [-0.4, -0.2) is 33.6 Å². The van der Waals surface area contributed by atoms with Crippen LogP contribution in [0.4, 0.5) is 0 Å². The van der Waals surface area contributed by atoms with Crippen molar-refractivity contribution in [3.8, 4) is 0 Å². The molecule has 1 N–H and O–H groups in total. The zero-order valence-corrected chi connectivity index (χ0v) is 9.06.